The van der Waals surface area contributed by atoms with E-state index in [1.165, 1.54) is 18.4 Å². The fraction of sp³-hybridized carbons (Fsp3) is 0.190. The van der Waals surface area contributed by atoms with Gasteiger partial charge in [-0.05, 0) is 54.8 Å². The Kier molecular flexibility index (Phi) is 7.20. The summed E-state index contributed by atoms with van der Waals surface area (Å²) in [4.78, 5) is 12.6. The van der Waals surface area contributed by atoms with Crippen LogP contribution < -0.4 is 10.0 Å². The summed E-state index contributed by atoms with van der Waals surface area (Å²) < 4.78 is 32.7. The third-order valence-corrected chi connectivity index (χ3v) is 6.75. The molecule has 3 rings (SSSR count). The second kappa shape index (κ2) is 9.66. The lowest BCUT2D eigenvalue weighted by atomic mass is 10.1. The Labute approximate surface area is 185 Å². The fourth-order valence-electron chi connectivity index (χ4n) is 2.82. The van der Waals surface area contributed by atoms with Crippen LogP contribution in [0.1, 0.15) is 27.2 Å². The number of benzene rings is 2. The van der Waals surface area contributed by atoms with Gasteiger partial charge in [0.25, 0.3) is 5.91 Å². The Balaban J connectivity index is 1.67. The number of aryl methyl sites for hydroxylation is 1. The molecule has 0 saturated heterocycles. The standard InChI is InChI=1S/C21H20Cl2N2O4S/c1-14-7-8-17(30(27,28)25-13-16-5-3-11-29-16)12-18(14)21(26)24-10-9-15-4-2-6-19(22)20(15)23/h2-8,11-12,25H,9-10,13H2,1H3,(H,24,26). The highest BCUT2D eigenvalue weighted by atomic mass is 35.5. The molecule has 0 radical (unpaired) electrons. The molecule has 9 heteroatoms. The summed E-state index contributed by atoms with van der Waals surface area (Å²) in [7, 11) is -3.81. The van der Waals surface area contributed by atoms with E-state index in [0.29, 0.717) is 34.3 Å². The number of nitrogens with one attached hydrogen (secondary N) is 2. The molecule has 0 atom stereocenters. The van der Waals surface area contributed by atoms with Crippen LogP contribution in [-0.2, 0) is 23.0 Å². The largest absolute Gasteiger partial charge is 0.468 e. The van der Waals surface area contributed by atoms with E-state index in [4.69, 9.17) is 27.6 Å². The van der Waals surface area contributed by atoms with Crippen molar-refractivity contribution in [2.75, 3.05) is 6.54 Å². The number of halogens is 2. The van der Waals surface area contributed by atoms with Gasteiger partial charge in [-0.2, -0.15) is 0 Å². The monoisotopic (exact) mass is 466 g/mol. The molecule has 0 saturated carbocycles. The number of hydrogen-bond donors (Lipinski definition) is 2. The quantitative estimate of drug-likeness (QED) is 0.516. The maximum Gasteiger partial charge on any atom is 0.251 e. The zero-order valence-electron chi connectivity index (χ0n) is 16.1. The molecule has 3 aromatic rings. The maximum absolute atomic E-state index is 12.6. The van der Waals surface area contributed by atoms with Crippen molar-refractivity contribution in [1.82, 2.24) is 10.0 Å². The summed E-state index contributed by atoms with van der Waals surface area (Å²) in [5.74, 6) is 0.122. The van der Waals surface area contributed by atoms with Gasteiger partial charge in [-0.25, -0.2) is 13.1 Å². The van der Waals surface area contributed by atoms with E-state index in [1.807, 2.05) is 6.07 Å². The van der Waals surface area contributed by atoms with Gasteiger partial charge in [-0.15, -0.1) is 0 Å². The molecule has 30 heavy (non-hydrogen) atoms. The van der Waals surface area contributed by atoms with Crippen LogP contribution in [0.3, 0.4) is 0 Å². The smallest absolute Gasteiger partial charge is 0.251 e. The van der Waals surface area contributed by atoms with Crippen molar-refractivity contribution >= 4 is 39.1 Å². The Morgan fingerprint density at radius 2 is 1.90 bits per heavy atom. The van der Waals surface area contributed by atoms with Crippen molar-refractivity contribution in [3.63, 3.8) is 0 Å². The van der Waals surface area contributed by atoms with Gasteiger partial charge in [0.05, 0.1) is 27.7 Å². The topological polar surface area (TPSA) is 88.4 Å². The minimum atomic E-state index is -3.81. The van der Waals surface area contributed by atoms with E-state index in [-0.39, 0.29) is 22.9 Å². The lowest BCUT2D eigenvalue weighted by molar-refractivity contribution is 0.0953. The molecule has 0 fully saturated rings. The lowest BCUT2D eigenvalue weighted by Crippen LogP contribution is -2.27. The van der Waals surface area contributed by atoms with Crippen molar-refractivity contribution < 1.29 is 17.6 Å². The molecule has 0 unspecified atom stereocenters. The van der Waals surface area contributed by atoms with Crippen LogP contribution in [0.5, 0.6) is 0 Å². The molecule has 1 aromatic heterocycles. The molecule has 0 spiro atoms. The summed E-state index contributed by atoms with van der Waals surface area (Å²) in [6.07, 6.45) is 1.96. The first-order valence-corrected chi connectivity index (χ1v) is 11.4. The molecule has 1 amide bonds. The first-order chi connectivity index (χ1) is 14.3. The van der Waals surface area contributed by atoms with Gasteiger partial charge in [-0.1, -0.05) is 41.4 Å². The fourth-order valence-corrected chi connectivity index (χ4v) is 4.26. The molecule has 2 aromatic carbocycles. The number of carbonyl (C=O) groups excluding carboxylic acids is 1. The van der Waals surface area contributed by atoms with Gasteiger partial charge >= 0.3 is 0 Å². The highest BCUT2D eigenvalue weighted by molar-refractivity contribution is 7.89. The number of hydrogen-bond acceptors (Lipinski definition) is 4. The van der Waals surface area contributed by atoms with Gasteiger partial charge in [0, 0.05) is 12.1 Å². The van der Waals surface area contributed by atoms with E-state index in [0.717, 1.165) is 5.56 Å². The normalized spacial score (nSPS) is 11.4. The second-order valence-corrected chi connectivity index (χ2v) is 9.15. The summed E-state index contributed by atoms with van der Waals surface area (Å²) in [5.41, 5.74) is 1.77. The highest BCUT2D eigenvalue weighted by Crippen LogP contribution is 2.25. The molecule has 2 N–H and O–H groups in total. The minimum absolute atomic E-state index is 0.00249. The number of sulfonamides is 1. The van der Waals surface area contributed by atoms with Gasteiger partial charge in [0.2, 0.25) is 10.0 Å². The van der Waals surface area contributed by atoms with Crippen LogP contribution in [0.2, 0.25) is 10.0 Å². The van der Waals surface area contributed by atoms with E-state index in [1.54, 1.807) is 37.3 Å². The molecule has 1 heterocycles. The van der Waals surface area contributed by atoms with Gasteiger partial charge in [-0.3, -0.25) is 4.79 Å². The van der Waals surface area contributed by atoms with Crippen molar-refractivity contribution in [3.05, 3.63) is 87.3 Å². The molecular weight excluding hydrogens is 447 g/mol. The van der Waals surface area contributed by atoms with Crippen molar-refractivity contribution in [2.45, 2.75) is 24.8 Å². The van der Waals surface area contributed by atoms with E-state index in [9.17, 15) is 13.2 Å². The third-order valence-electron chi connectivity index (χ3n) is 4.49. The van der Waals surface area contributed by atoms with E-state index in [2.05, 4.69) is 10.0 Å². The highest BCUT2D eigenvalue weighted by Gasteiger charge is 2.18. The Hall–Kier alpha value is -2.32. The maximum atomic E-state index is 12.6. The van der Waals surface area contributed by atoms with Crippen LogP contribution in [0.25, 0.3) is 0 Å². The average Bonchev–Trinajstić information content (AvgIpc) is 3.23. The number of rotatable bonds is 8. The first kappa shape index (κ1) is 22.4. The van der Waals surface area contributed by atoms with Crippen LogP contribution in [0.15, 0.2) is 64.1 Å². The molecule has 0 aliphatic heterocycles. The molecular formula is C21H20Cl2N2O4S. The molecule has 0 aliphatic rings. The van der Waals surface area contributed by atoms with E-state index >= 15 is 0 Å². The second-order valence-electron chi connectivity index (χ2n) is 6.60. The predicted octanol–water partition coefficient (Wildman–Crippen LogP) is 4.35. The lowest BCUT2D eigenvalue weighted by Gasteiger charge is -2.11. The predicted molar refractivity (Wildman–Crippen MR) is 116 cm³/mol. The van der Waals surface area contributed by atoms with Crippen LogP contribution in [0, 0.1) is 6.92 Å². The number of furan rings is 1. The zero-order chi connectivity index (χ0) is 21.7. The van der Waals surface area contributed by atoms with Crippen molar-refractivity contribution in [2.24, 2.45) is 0 Å². The van der Waals surface area contributed by atoms with Gasteiger partial charge < -0.3 is 9.73 Å². The van der Waals surface area contributed by atoms with Crippen LogP contribution in [-0.4, -0.2) is 20.9 Å². The molecule has 0 bridgehead atoms. The van der Waals surface area contributed by atoms with E-state index < -0.39 is 10.0 Å². The van der Waals surface area contributed by atoms with Crippen LogP contribution in [0.4, 0.5) is 0 Å². The SMILES string of the molecule is Cc1ccc(S(=O)(=O)NCc2ccco2)cc1C(=O)NCCc1cccc(Cl)c1Cl. The Morgan fingerprint density at radius 3 is 2.63 bits per heavy atom. The summed E-state index contributed by atoms with van der Waals surface area (Å²) >= 11 is 12.2. The summed E-state index contributed by atoms with van der Waals surface area (Å²) in [6.45, 7) is 2.09. The van der Waals surface area contributed by atoms with Gasteiger partial charge in [0.15, 0.2) is 0 Å². The Bertz CT molecular complexity index is 1150. The first-order valence-electron chi connectivity index (χ1n) is 9.12. The van der Waals surface area contributed by atoms with Crippen LogP contribution >= 0.6 is 23.2 Å². The zero-order valence-corrected chi connectivity index (χ0v) is 18.4. The molecule has 0 aliphatic carbocycles. The Morgan fingerprint density at radius 1 is 1.10 bits per heavy atom. The average molecular weight is 467 g/mol. The van der Waals surface area contributed by atoms with Crippen molar-refractivity contribution in [3.8, 4) is 0 Å². The summed E-state index contributed by atoms with van der Waals surface area (Å²) in [6, 6.07) is 13.1. The number of amides is 1. The third kappa shape index (κ3) is 5.43. The van der Waals surface area contributed by atoms with Gasteiger partial charge in [0.1, 0.15) is 5.76 Å². The minimum Gasteiger partial charge on any atom is -0.468 e. The number of carbonyl (C=O) groups is 1. The molecule has 6 nitrogen and oxygen atoms in total. The van der Waals surface area contributed by atoms with Crippen molar-refractivity contribution in [1.29, 1.82) is 0 Å². The summed E-state index contributed by atoms with van der Waals surface area (Å²) in [5, 5.41) is 3.71. The molecule has 158 valence electrons.